The summed E-state index contributed by atoms with van der Waals surface area (Å²) in [5.41, 5.74) is 0.324. The number of hydrogen-bond donors (Lipinski definition) is 0. The first-order chi connectivity index (χ1) is 7.41. The summed E-state index contributed by atoms with van der Waals surface area (Å²) in [6.45, 7) is 0. The lowest BCUT2D eigenvalue weighted by atomic mass is 11.9. The summed E-state index contributed by atoms with van der Waals surface area (Å²) in [5.74, 6) is 0. The number of halogens is 12. The Morgan fingerprint density at radius 1 is 0.333 bits per heavy atom. The summed E-state index contributed by atoms with van der Waals surface area (Å²) in [6.07, 6.45) is 0. The summed E-state index contributed by atoms with van der Waals surface area (Å²) in [7, 11) is 0. The Balaban J connectivity index is 0. The van der Waals surface area contributed by atoms with Crippen LogP contribution in [0.1, 0.15) is 0 Å². The Morgan fingerprint density at radius 2 is 0.444 bits per heavy atom. The van der Waals surface area contributed by atoms with Crippen molar-refractivity contribution in [2.45, 2.75) is 11.3 Å². The maximum atomic E-state index is 5.47. The van der Waals surface area contributed by atoms with Crippen molar-refractivity contribution in [1.29, 1.82) is 0 Å². The van der Waals surface area contributed by atoms with E-state index in [0.29, 0.717) is 0 Å². The van der Waals surface area contributed by atoms with Crippen molar-refractivity contribution in [3.8, 4) is 0 Å². The highest BCUT2D eigenvalue weighted by Gasteiger charge is 2.39. The molecule has 18 heavy (non-hydrogen) atoms. The number of hydrogen-bond acceptors (Lipinski definition) is 0. The lowest BCUT2D eigenvalue weighted by Gasteiger charge is -2.11. The molecular weight excluding hydrogens is 562 g/mol. The molecule has 0 amide bonds. The second-order valence-electron chi connectivity index (χ2n) is 2.81. The van der Waals surface area contributed by atoms with Crippen LogP contribution in [0.25, 0.3) is 0 Å². The fourth-order valence-corrected chi connectivity index (χ4v) is 36.8. The van der Waals surface area contributed by atoms with Crippen LogP contribution in [-0.4, -0.2) is 24.0 Å². The van der Waals surface area contributed by atoms with E-state index in [4.69, 9.17) is 133 Å². The molecule has 0 saturated heterocycles. The van der Waals surface area contributed by atoms with Gasteiger partial charge in [0.15, 0.2) is 0 Å². The third-order valence-electron chi connectivity index (χ3n) is 0.802. The zero-order valence-corrected chi connectivity index (χ0v) is 21.0. The summed E-state index contributed by atoms with van der Waals surface area (Å²) < 4.78 is 0. The van der Waals surface area contributed by atoms with Crippen LogP contribution in [0.15, 0.2) is 0 Å². The van der Waals surface area contributed by atoms with Crippen LogP contribution < -0.4 is 0 Å². The topological polar surface area (TPSA) is 0 Å². The van der Waals surface area contributed by atoms with Crippen LogP contribution in [0.2, 0.25) is 11.3 Å². The van der Waals surface area contributed by atoms with Gasteiger partial charge in [-0.1, -0.05) is 0 Å². The maximum absolute atomic E-state index is 5.47. The minimum atomic E-state index is -2.71. The highest BCUT2D eigenvalue weighted by atomic mass is 35.9. The Labute approximate surface area is 166 Å². The van der Waals surface area contributed by atoms with Crippen molar-refractivity contribution in [3.63, 3.8) is 0 Å². The monoisotopic (exact) mass is 560 g/mol. The van der Waals surface area contributed by atoms with E-state index in [-0.39, 0.29) is 11.3 Å². The molecule has 0 fully saturated rings. The lowest BCUT2D eigenvalue weighted by Crippen LogP contribution is -2.23. The van der Waals surface area contributed by atoms with Crippen LogP contribution in [-0.2, 0) is 0 Å². The summed E-state index contributed by atoms with van der Waals surface area (Å²) >= 11 is 65.6. The van der Waals surface area contributed by atoms with E-state index < -0.39 is 24.0 Å². The minimum Gasteiger partial charge on any atom is -0.126 e. The molecule has 0 aromatic heterocycles. The van der Waals surface area contributed by atoms with E-state index in [1.165, 1.54) is 0 Å². The van der Waals surface area contributed by atoms with Crippen molar-refractivity contribution in [2.24, 2.45) is 0 Å². The number of rotatable bonds is 4. The van der Waals surface area contributed by atoms with Gasteiger partial charge in [0, 0.05) is 11.3 Å². The fourth-order valence-electron chi connectivity index (χ4n) is 0.455. The Hall–Kier alpha value is 4.35. The van der Waals surface area contributed by atoms with Gasteiger partial charge in [-0.3, -0.25) is 0 Å². The molecule has 0 saturated carbocycles. The highest BCUT2D eigenvalue weighted by molar-refractivity contribution is 7.75. The van der Waals surface area contributed by atoms with Gasteiger partial charge in [0.05, 0.1) is 0 Å². The predicted octanol–water partition coefficient (Wildman–Crippen LogP) is 7.67. The average Bonchev–Trinajstić information content (AvgIpc) is 1.64. The summed E-state index contributed by atoms with van der Waals surface area (Å²) in [5, 5.41) is 0. The molecule has 0 bridgehead atoms. The molecule has 0 aromatic rings. The molecule has 0 radical (unpaired) electrons. The third-order valence-corrected chi connectivity index (χ3v) is 21.6. The van der Waals surface area contributed by atoms with Crippen LogP contribution in [0, 0.1) is 0 Å². The quantitative estimate of drug-likeness (QED) is 0.242. The van der Waals surface area contributed by atoms with Crippen LogP contribution in [0.5, 0.6) is 0 Å². The molecule has 16 heteroatoms. The fraction of sp³-hybridized carbons (Fsp3) is 1.00. The van der Waals surface area contributed by atoms with Crippen LogP contribution >= 0.6 is 133 Å². The van der Waals surface area contributed by atoms with Crippen LogP contribution in [0.3, 0.4) is 0 Å². The molecular formula is C2H4Cl12Si4. The van der Waals surface area contributed by atoms with Gasteiger partial charge in [0.1, 0.15) is 0 Å². The van der Waals surface area contributed by atoms with Gasteiger partial charge in [-0.2, -0.15) is 0 Å². The first-order valence-electron chi connectivity index (χ1n) is 3.68. The van der Waals surface area contributed by atoms with E-state index in [1.807, 2.05) is 0 Å². The molecule has 0 aliphatic rings. The van der Waals surface area contributed by atoms with Gasteiger partial charge >= 0.3 is 24.0 Å². The smallest absolute Gasteiger partial charge is 0.126 e. The molecule has 112 valence electrons. The molecule has 0 atom stereocenters. The zero-order valence-electron chi connectivity index (χ0n) is 7.95. The molecule has 0 rings (SSSR count). The van der Waals surface area contributed by atoms with E-state index in [2.05, 4.69) is 0 Å². The average molecular weight is 566 g/mol. The van der Waals surface area contributed by atoms with Crippen molar-refractivity contribution in [1.82, 2.24) is 0 Å². The first kappa shape index (κ1) is 24.6. The highest BCUT2D eigenvalue weighted by Crippen LogP contribution is 2.37. The van der Waals surface area contributed by atoms with Gasteiger partial charge in [-0.25, -0.2) is 0 Å². The largest absolute Gasteiger partial charge is 0.342 e. The van der Waals surface area contributed by atoms with Crippen LogP contribution in [0.4, 0.5) is 0 Å². The van der Waals surface area contributed by atoms with E-state index >= 15 is 0 Å². The van der Waals surface area contributed by atoms with Crippen molar-refractivity contribution < 1.29 is 0 Å². The Bertz CT molecular complexity index is 178. The normalized spacial score (nSPS) is 14.0. The van der Waals surface area contributed by atoms with E-state index in [9.17, 15) is 0 Å². The molecule has 0 aromatic carbocycles. The molecule has 0 spiro atoms. The maximum Gasteiger partial charge on any atom is 0.342 e. The van der Waals surface area contributed by atoms with Gasteiger partial charge in [0.2, 0.25) is 0 Å². The standard InChI is InChI=1S/2CH2Cl6Si2/c2*2-8(3,4)1-9(5,6)7/h2*1H2. The molecule has 0 aliphatic heterocycles. The lowest BCUT2D eigenvalue weighted by molar-refractivity contribution is 2.02. The molecule has 0 nitrogen and oxygen atoms in total. The Morgan fingerprint density at radius 3 is 0.444 bits per heavy atom. The van der Waals surface area contributed by atoms with Gasteiger partial charge in [-0.05, 0) is 0 Å². The molecule has 0 heterocycles. The van der Waals surface area contributed by atoms with E-state index in [1.54, 1.807) is 0 Å². The second kappa shape index (κ2) is 9.60. The van der Waals surface area contributed by atoms with Crippen molar-refractivity contribution >= 4 is 157 Å². The van der Waals surface area contributed by atoms with Crippen molar-refractivity contribution in [3.05, 3.63) is 0 Å². The summed E-state index contributed by atoms with van der Waals surface area (Å²) in [6, 6.07) is -10.8. The molecule has 0 N–H and O–H groups in total. The predicted molar refractivity (Wildman–Crippen MR) is 103 cm³/mol. The zero-order chi connectivity index (χ0) is 15.4. The minimum absolute atomic E-state index is 0.162. The summed E-state index contributed by atoms with van der Waals surface area (Å²) in [4.78, 5) is 0. The third kappa shape index (κ3) is 28.5. The van der Waals surface area contributed by atoms with Crippen molar-refractivity contribution in [2.75, 3.05) is 0 Å². The Kier molecular flexibility index (Phi) is 13.1. The molecule has 0 unspecified atom stereocenters. The van der Waals surface area contributed by atoms with Gasteiger partial charge in [0.25, 0.3) is 0 Å². The van der Waals surface area contributed by atoms with E-state index in [0.717, 1.165) is 0 Å². The van der Waals surface area contributed by atoms with Gasteiger partial charge in [-0.15, -0.1) is 133 Å². The molecule has 0 aliphatic carbocycles. The van der Waals surface area contributed by atoms with Gasteiger partial charge < -0.3 is 0 Å². The first-order valence-corrected chi connectivity index (χ1v) is 24.7. The second-order valence-corrected chi connectivity index (χ2v) is 40.8. The SMILES string of the molecule is Cl[Si](Cl)(Cl)C[Si](Cl)(Cl)Cl.Cl[Si](Cl)(Cl)C[Si](Cl)(Cl)Cl.